The van der Waals surface area contributed by atoms with Crippen LogP contribution in [-0.2, 0) is 19.1 Å². The maximum Gasteiger partial charge on any atom is 0.322 e. The molecule has 0 aromatic heterocycles. The Hall–Kier alpha value is -1.10. The second-order valence-corrected chi connectivity index (χ2v) is 4.95. The molecule has 3 atom stereocenters. The van der Waals surface area contributed by atoms with Crippen LogP contribution in [0, 0.1) is 5.92 Å². The van der Waals surface area contributed by atoms with Gasteiger partial charge in [0.15, 0.2) is 0 Å². The number of nitrogens with one attached hydrogen (secondary N) is 1. The number of hydrogen-bond acceptors (Lipinski definition) is 5. The predicted octanol–water partition coefficient (Wildman–Crippen LogP) is 1.65. The van der Waals surface area contributed by atoms with Gasteiger partial charge in [-0.25, -0.2) is 0 Å². The fraction of sp³-hybridized carbons (Fsp3) is 0.857. The lowest BCUT2D eigenvalue weighted by Gasteiger charge is -2.30. The zero-order valence-corrected chi connectivity index (χ0v) is 12.1. The van der Waals surface area contributed by atoms with Crippen molar-refractivity contribution in [3.8, 4) is 0 Å². The summed E-state index contributed by atoms with van der Waals surface area (Å²) in [6.45, 7) is 6.22. The summed E-state index contributed by atoms with van der Waals surface area (Å²) in [5, 5.41) is 3.25. The van der Waals surface area contributed by atoms with E-state index in [9.17, 15) is 9.59 Å². The fourth-order valence-electron chi connectivity index (χ4n) is 2.50. The van der Waals surface area contributed by atoms with E-state index in [2.05, 4.69) is 5.32 Å². The largest absolute Gasteiger partial charge is 0.466 e. The summed E-state index contributed by atoms with van der Waals surface area (Å²) in [4.78, 5) is 23.3. The van der Waals surface area contributed by atoms with Crippen molar-refractivity contribution in [1.82, 2.24) is 5.32 Å². The molecule has 0 aliphatic heterocycles. The van der Waals surface area contributed by atoms with Gasteiger partial charge in [-0.05, 0) is 40.0 Å². The van der Waals surface area contributed by atoms with E-state index in [0.29, 0.717) is 13.2 Å². The van der Waals surface area contributed by atoms with Crippen LogP contribution in [0.2, 0.25) is 0 Å². The first-order valence-corrected chi connectivity index (χ1v) is 7.17. The Bertz CT molecular complexity index is 304. The second-order valence-electron chi connectivity index (χ2n) is 4.95. The molecular weight excluding hydrogens is 246 g/mol. The zero-order valence-electron chi connectivity index (χ0n) is 12.1. The van der Waals surface area contributed by atoms with Gasteiger partial charge < -0.3 is 14.8 Å². The smallest absolute Gasteiger partial charge is 0.322 e. The van der Waals surface area contributed by atoms with Crippen molar-refractivity contribution in [2.75, 3.05) is 13.2 Å². The molecule has 1 rings (SSSR count). The maximum absolute atomic E-state index is 11.7. The molecule has 110 valence electrons. The molecule has 1 aliphatic carbocycles. The summed E-state index contributed by atoms with van der Waals surface area (Å²) in [6, 6.07) is -0.145. The minimum Gasteiger partial charge on any atom is -0.466 e. The molecule has 0 amide bonds. The molecule has 5 nitrogen and oxygen atoms in total. The number of esters is 2. The van der Waals surface area contributed by atoms with Crippen molar-refractivity contribution in [3.05, 3.63) is 0 Å². The Kier molecular flexibility index (Phi) is 6.84. The van der Waals surface area contributed by atoms with E-state index in [1.54, 1.807) is 13.8 Å². The van der Waals surface area contributed by atoms with Crippen molar-refractivity contribution in [1.29, 1.82) is 0 Å². The SMILES string of the molecule is CCOC(=O)C1CCCC(NC(C)C(=O)OCC)C1. The molecule has 0 aromatic carbocycles. The summed E-state index contributed by atoms with van der Waals surface area (Å²) in [6.07, 6.45) is 3.59. The third kappa shape index (κ3) is 5.19. The Morgan fingerprint density at radius 1 is 1.21 bits per heavy atom. The first kappa shape index (κ1) is 16.0. The van der Waals surface area contributed by atoms with Crippen LogP contribution in [0.5, 0.6) is 0 Å². The lowest BCUT2D eigenvalue weighted by Crippen LogP contribution is -2.45. The normalized spacial score (nSPS) is 24.6. The van der Waals surface area contributed by atoms with Crippen LogP contribution in [-0.4, -0.2) is 37.2 Å². The van der Waals surface area contributed by atoms with E-state index >= 15 is 0 Å². The van der Waals surface area contributed by atoms with Crippen LogP contribution >= 0.6 is 0 Å². The summed E-state index contributed by atoms with van der Waals surface area (Å²) in [5.41, 5.74) is 0. The Morgan fingerprint density at radius 3 is 2.53 bits per heavy atom. The molecule has 0 aromatic rings. The third-order valence-corrected chi connectivity index (χ3v) is 3.42. The summed E-state index contributed by atoms with van der Waals surface area (Å²) >= 11 is 0. The van der Waals surface area contributed by atoms with Crippen molar-refractivity contribution >= 4 is 11.9 Å². The van der Waals surface area contributed by atoms with E-state index in [-0.39, 0.29) is 29.9 Å². The molecule has 5 heteroatoms. The maximum atomic E-state index is 11.7. The highest BCUT2D eigenvalue weighted by Gasteiger charge is 2.29. The van der Waals surface area contributed by atoms with Crippen molar-refractivity contribution in [2.24, 2.45) is 5.92 Å². The van der Waals surface area contributed by atoms with Crippen LogP contribution in [0.1, 0.15) is 46.5 Å². The van der Waals surface area contributed by atoms with Gasteiger partial charge in [-0.3, -0.25) is 9.59 Å². The lowest BCUT2D eigenvalue weighted by molar-refractivity contribution is -0.149. The Morgan fingerprint density at radius 2 is 1.89 bits per heavy atom. The number of hydrogen-bond donors (Lipinski definition) is 1. The average molecular weight is 271 g/mol. The molecule has 1 N–H and O–H groups in total. The quantitative estimate of drug-likeness (QED) is 0.744. The Labute approximate surface area is 115 Å². The van der Waals surface area contributed by atoms with Gasteiger partial charge in [0.2, 0.25) is 0 Å². The van der Waals surface area contributed by atoms with Gasteiger partial charge in [-0.15, -0.1) is 0 Å². The fourth-order valence-corrected chi connectivity index (χ4v) is 2.50. The molecular formula is C14H25NO4. The third-order valence-electron chi connectivity index (χ3n) is 3.42. The van der Waals surface area contributed by atoms with E-state index in [1.807, 2.05) is 6.92 Å². The minimum atomic E-state index is -0.328. The topological polar surface area (TPSA) is 64.6 Å². The van der Waals surface area contributed by atoms with Gasteiger partial charge in [0.1, 0.15) is 6.04 Å². The predicted molar refractivity (Wildman–Crippen MR) is 71.6 cm³/mol. The first-order chi connectivity index (χ1) is 9.08. The molecule has 0 bridgehead atoms. The van der Waals surface area contributed by atoms with Gasteiger partial charge in [0.05, 0.1) is 19.1 Å². The van der Waals surface area contributed by atoms with Crippen LogP contribution in [0.3, 0.4) is 0 Å². The molecule has 0 spiro atoms. The van der Waals surface area contributed by atoms with Gasteiger partial charge in [0.25, 0.3) is 0 Å². The van der Waals surface area contributed by atoms with E-state index in [0.717, 1.165) is 25.7 Å². The standard InChI is InChI=1S/C14H25NO4/c1-4-18-13(16)10(3)15-12-8-6-7-11(9-12)14(17)19-5-2/h10-12,15H,4-9H2,1-3H3. The molecule has 0 heterocycles. The molecule has 1 fully saturated rings. The summed E-state index contributed by atoms with van der Waals surface area (Å²) in [7, 11) is 0. The second kappa shape index (κ2) is 8.15. The molecule has 19 heavy (non-hydrogen) atoms. The molecule has 0 saturated heterocycles. The number of rotatable bonds is 6. The van der Waals surface area contributed by atoms with Gasteiger partial charge >= 0.3 is 11.9 Å². The van der Waals surface area contributed by atoms with Crippen LogP contribution in [0.15, 0.2) is 0 Å². The van der Waals surface area contributed by atoms with Gasteiger partial charge in [0, 0.05) is 6.04 Å². The highest BCUT2D eigenvalue weighted by atomic mass is 16.5. The minimum absolute atomic E-state index is 0.0411. The summed E-state index contributed by atoms with van der Waals surface area (Å²) in [5.74, 6) is -0.390. The van der Waals surface area contributed by atoms with Gasteiger partial charge in [-0.1, -0.05) is 6.42 Å². The molecule has 3 unspecified atom stereocenters. The van der Waals surface area contributed by atoms with Crippen molar-refractivity contribution < 1.29 is 19.1 Å². The van der Waals surface area contributed by atoms with Gasteiger partial charge in [-0.2, -0.15) is 0 Å². The van der Waals surface area contributed by atoms with E-state index < -0.39 is 0 Å². The number of ether oxygens (including phenoxy) is 2. The first-order valence-electron chi connectivity index (χ1n) is 7.17. The zero-order chi connectivity index (χ0) is 14.3. The van der Waals surface area contributed by atoms with Crippen molar-refractivity contribution in [3.63, 3.8) is 0 Å². The molecule has 1 saturated carbocycles. The Balaban J connectivity index is 2.42. The molecule has 0 radical (unpaired) electrons. The highest BCUT2D eigenvalue weighted by molar-refractivity contribution is 5.75. The van der Waals surface area contributed by atoms with Crippen molar-refractivity contribution in [2.45, 2.75) is 58.5 Å². The van der Waals surface area contributed by atoms with E-state index in [4.69, 9.17) is 9.47 Å². The molecule has 1 aliphatic rings. The van der Waals surface area contributed by atoms with E-state index in [1.165, 1.54) is 0 Å². The number of carbonyl (C=O) groups excluding carboxylic acids is 2. The van der Waals surface area contributed by atoms with Crippen LogP contribution in [0.4, 0.5) is 0 Å². The van der Waals surface area contributed by atoms with Crippen LogP contribution in [0.25, 0.3) is 0 Å². The summed E-state index contributed by atoms with van der Waals surface area (Å²) < 4.78 is 10.0. The lowest BCUT2D eigenvalue weighted by atomic mass is 9.85. The average Bonchev–Trinajstić information content (AvgIpc) is 2.39. The van der Waals surface area contributed by atoms with Crippen LogP contribution < -0.4 is 5.32 Å². The number of carbonyl (C=O) groups is 2. The highest BCUT2D eigenvalue weighted by Crippen LogP contribution is 2.25. The monoisotopic (exact) mass is 271 g/mol.